The number of hydrogen-bond donors (Lipinski definition) is 2. The molecule has 1 aromatic carbocycles. The highest BCUT2D eigenvalue weighted by atomic mass is 127. The maximum atomic E-state index is 4.58. The summed E-state index contributed by atoms with van der Waals surface area (Å²) >= 11 is 3.59. The molecule has 0 spiro atoms. The lowest BCUT2D eigenvalue weighted by Crippen LogP contribution is -2.39. The van der Waals surface area contributed by atoms with Crippen LogP contribution in [0, 0.1) is 0 Å². The minimum atomic E-state index is 0. The number of rotatable bonds is 8. The Morgan fingerprint density at radius 2 is 1.96 bits per heavy atom. The molecule has 2 N–H and O–H groups in total. The van der Waals surface area contributed by atoms with Gasteiger partial charge in [-0.15, -0.1) is 47.1 Å². The summed E-state index contributed by atoms with van der Waals surface area (Å²) < 4.78 is 0. The van der Waals surface area contributed by atoms with Gasteiger partial charge in [0.1, 0.15) is 0 Å². The Bertz CT molecular complexity index is 602. The van der Waals surface area contributed by atoms with Crippen molar-refractivity contribution in [2.24, 2.45) is 4.99 Å². The van der Waals surface area contributed by atoms with Gasteiger partial charge in [-0.25, -0.2) is 4.98 Å². The molecule has 2 rings (SSSR count). The van der Waals surface area contributed by atoms with Crippen LogP contribution in [0.25, 0.3) is 0 Å². The maximum Gasteiger partial charge on any atom is 0.191 e. The summed E-state index contributed by atoms with van der Waals surface area (Å²) in [6, 6.07) is 10.4. The molecule has 0 bridgehead atoms. The zero-order chi connectivity index (χ0) is 16.3. The van der Waals surface area contributed by atoms with E-state index in [0.29, 0.717) is 0 Å². The molecule has 1 aromatic heterocycles. The minimum absolute atomic E-state index is 0. The fraction of sp³-hybridized carbons (Fsp3) is 0.412. The number of halogens is 1. The lowest BCUT2D eigenvalue weighted by molar-refractivity contribution is 0.799. The number of hydrogen-bond acceptors (Lipinski definition) is 4. The second-order valence-corrected chi connectivity index (χ2v) is 7.03. The molecule has 0 radical (unpaired) electrons. The number of guanidine groups is 1. The van der Waals surface area contributed by atoms with E-state index in [4.69, 9.17) is 0 Å². The lowest BCUT2D eigenvalue weighted by Gasteiger charge is -2.11. The molecule has 0 saturated heterocycles. The third-order valence-corrected chi connectivity index (χ3v) is 5.26. The third-order valence-electron chi connectivity index (χ3n) is 3.21. The van der Waals surface area contributed by atoms with Crippen LogP contribution in [0.15, 0.2) is 45.6 Å². The molecule has 0 fully saturated rings. The van der Waals surface area contributed by atoms with Crippen molar-refractivity contribution < 1.29 is 0 Å². The molecule has 1 heterocycles. The number of nitrogens with zero attached hydrogens (tertiary/aromatic N) is 2. The molecule has 7 heteroatoms. The molecule has 4 nitrogen and oxygen atoms in total. The zero-order valence-corrected chi connectivity index (χ0v) is 18.1. The summed E-state index contributed by atoms with van der Waals surface area (Å²) in [6.07, 6.45) is 1.94. The Hall–Kier alpha value is -0.800. The fourth-order valence-corrected chi connectivity index (χ4v) is 3.58. The van der Waals surface area contributed by atoms with Crippen molar-refractivity contribution in [3.8, 4) is 0 Å². The van der Waals surface area contributed by atoms with Crippen LogP contribution in [0.5, 0.6) is 0 Å². The van der Waals surface area contributed by atoms with Crippen molar-refractivity contribution in [1.29, 1.82) is 0 Å². The molecule has 0 aliphatic carbocycles. The van der Waals surface area contributed by atoms with E-state index in [1.54, 1.807) is 18.4 Å². The van der Waals surface area contributed by atoms with Gasteiger partial charge in [0.15, 0.2) is 5.96 Å². The van der Waals surface area contributed by atoms with Gasteiger partial charge in [-0.1, -0.05) is 25.1 Å². The van der Waals surface area contributed by atoms with E-state index < -0.39 is 0 Å². The second kappa shape index (κ2) is 12.5. The van der Waals surface area contributed by atoms with Gasteiger partial charge >= 0.3 is 0 Å². The highest BCUT2D eigenvalue weighted by Gasteiger charge is 2.01. The Kier molecular flexibility index (Phi) is 11.1. The highest BCUT2D eigenvalue weighted by molar-refractivity contribution is 14.0. The first-order valence-electron chi connectivity index (χ1n) is 7.87. The summed E-state index contributed by atoms with van der Waals surface area (Å²) in [5.74, 6) is 1.86. The standard InChI is InChI=1S/C17H24N4S2.HI/c1-3-16-21-14(13-23-16)9-10-19-17(18-2)20-11-12-22-15-7-5-4-6-8-15;/h4-8,13H,3,9-12H2,1-2H3,(H2,18,19,20);1H. The summed E-state index contributed by atoms with van der Waals surface area (Å²) in [4.78, 5) is 10.1. The largest absolute Gasteiger partial charge is 0.356 e. The molecule has 0 amide bonds. The topological polar surface area (TPSA) is 49.3 Å². The van der Waals surface area contributed by atoms with E-state index in [2.05, 4.69) is 57.2 Å². The van der Waals surface area contributed by atoms with Crippen LogP contribution in [0.1, 0.15) is 17.6 Å². The van der Waals surface area contributed by atoms with Crippen LogP contribution in [0.2, 0.25) is 0 Å². The lowest BCUT2D eigenvalue weighted by atomic mass is 10.3. The predicted octanol–water partition coefficient (Wildman–Crippen LogP) is 3.82. The van der Waals surface area contributed by atoms with Crippen LogP contribution in [0.4, 0.5) is 0 Å². The number of aryl methyl sites for hydroxylation is 1. The molecule has 2 aromatic rings. The number of benzene rings is 1. The predicted molar refractivity (Wildman–Crippen MR) is 117 cm³/mol. The van der Waals surface area contributed by atoms with E-state index in [9.17, 15) is 0 Å². The van der Waals surface area contributed by atoms with Crippen molar-refractivity contribution in [3.63, 3.8) is 0 Å². The van der Waals surface area contributed by atoms with Gasteiger partial charge in [0.2, 0.25) is 0 Å². The molecule has 132 valence electrons. The molecule has 0 unspecified atom stereocenters. The first kappa shape index (κ1) is 21.2. The van der Waals surface area contributed by atoms with E-state index in [-0.39, 0.29) is 24.0 Å². The van der Waals surface area contributed by atoms with Gasteiger partial charge < -0.3 is 10.6 Å². The van der Waals surface area contributed by atoms with Crippen LogP contribution < -0.4 is 10.6 Å². The molecule has 24 heavy (non-hydrogen) atoms. The molecule has 0 aliphatic heterocycles. The van der Waals surface area contributed by atoms with E-state index >= 15 is 0 Å². The Labute approximate surface area is 170 Å². The molecule has 0 atom stereocenters. The summed E-state index contributed by atoms with van der Waals surface area (Å²) in [7, 11) is 1.80. The maximum absolute atomic E-state index is 4.58. The highest BCUT2D eigenvalue weighted by Crippen LogP contribution is 2.15. The van der Waals surface area contributed by atoms with Crippen molar-refractivity contribution in [2.75, 3.05) is 25.9 Å². The smallest absolute Gasteiger partial charge is 0.191 e. The Morgan fingerprint density at radius 3 is 2.62 bits per heavy atom. The number of thiazole rings is 1. The number of aliphatic imine (C=N–C) groups is 1. The third kappa shape index (κ3) is 7.85. The summed E-state index contributed by atoms with van der Waals surface area (Å²) in [5.41, 5.74) is 1.16. The second-order valence-electron chi connectivity index (χ2n) is 4.92. The first-order chi connectivity index (χ1) is 11.3. The monoisotopic (exact) mass is 476 g/mol. The van der Waals surface area contributed by atoms with Crippen molar-refractivity contribution >= 4 is 53.0 Å². The van der Waals surface area contributed by atoms with E-state index in [1.165, 1.54) is 9.90 Å². The van der Waals surface area contributed by atoms with Crippen molar-refractivity contribution in [2.45, 2.75) is 24.7 Å². The molecular weight excluding hydrogens is 451 g/mol. The van der Waals surface area contributed by atoms with Gasteiger partial charge in [-0.3, -0.25) is 4.99 Å². The quantitative estimate of drug-likeness (QED) is 0.200. The van der Waals surface area contributed by atoms with Gasteiger partial charge in [0.25, 0.3) is 0 Å². The average Bonchev–Trinajstić information content (AvgIpc) is 3.06. The normalized spacial score (nSPS) is 11.0. The van der Waals surface area contributed by atoms with E-state index in [0.717, 1.165) is 43.3 Å². The number of thioether (sulfide) groups is 1. The van der Waals surface area contributed by atoms with Crippen LogP contribution in [0.3, 0.4) is 0 Å². The zero-order valence-electron chi connectivity index (χ0n) is 14.1. The first-order valence-corrected chi connectivity index (χ1v) is 9.74. The van der Waals surface area contributed by atoms with Gasteiger partial charge in [0.05, 0.1) is 10.7 Å². The van der Waals surface area contributed by atoms with Gasteiger partial charge in [-0.2, -0.15) is 0 Å². The average molecular weight is 476 g/mol. The summed E-state index contributed by atoms with van der Waals surface area (Å²) in [5, 5.41) is 10.0. The number of aromatic nitrogens is 1. The SMILES string of the molecule is CCc1nc(CCNC(=NC)NCCSc2ccccc2)cs1.I. The molecule has 0 saturated carbocycles. The number of nitrogens with one attached hydrogen (secondary N) is 2. The minimum Gasteiger partial charge on any atom is -0.356 e. The summed E-state index contributed by atoms with van der Waals surface area (Å²) in [6.45, 7) is 3.87. The Balaban J connectivity index is 0.00000288. The van der Waals surface area contributed by atoms with Gasteiger partial charge in [-0.05, 0) is 18.6 Å². The Morgan fingerprint density at radius 1 is 1.21 bits per heavy atom. The van der Waals surface area contributed by atoms with Crippen LogP contribution in [-0.2, 0) is 12.8 Å². The van der Waals surface area contributed by atoms with Gasteiger partial charge in [0, 0.05) is 42.6 Å². The van der Waals surface area contributed by atoms with Crippen molar-refractivity contribution in [1.82, 2.24) is 15.6 Å². The fourth-order valence-electron chi connectivity index (χ4n) is 2.01. The van der Waals surface area contributed by atoms with Crippen LogP contribution in [-0.4, -0.2) is 36.8 Å². The van der Waals surface area contributed by atoms with Crippen molar-refractivity contribution in [3.05, 3.63) is 46.4 Å². The molecular formula is C17H25IN4S2. The van der Waals surface area contributed by atoms with Crippen LogP contribution >= 0.6 is 47.1 Å². The molecule has 0 aliphatic rings. The van der Waals surface area contributed by atoms with E-state index in [1.807, 2.05) is 17.8 Å².